The van der Waals surface area contributed by atoms with E-state index in [4.69, 9.17) is 0 Å². The van der Waals surface area contributed by atoms with E-state index in [1.54, 1.807) is 23.1 Å². The number of rotatable bonds is 2. The Morgan fingerprint density at radius 2 is 2.20 bits per heavy atom. The van der Waals surface area contributed by atoms with Crippen molar-refractivity contribution >= 4 is 37.1 Å². The van der Waals surface area contributed by atoms with Crippen LogP contribution >= 0.6 is 32.3 Å². The van der Waals surface area contributed by atoms with Crippen LogP contribution in [0, 0.1) is 0 Å². The Labute approximate surface area is 71.0 Å². The Hall–Kier alpha value is 0.340. The zero-order chi connectivity index (χ0) is 7.56. The van der Waals surface area contributed by atoms with E-state index in [0.29, 0.717) is 5.25 Å². The normalized spacial score (nSPS) is 10.8. The fourth-order valence-electron chi connectivity index (χ4n) is 0.470. The van der Waals surface area contributed by atoms with Gasteiger partial charge < -0.3 is 0 Å². The molecule has 1 unspecified atom stereocenters. The van der Waals surface area contributed by atoms with Crippen molar-refractivity contribution in [2.45, 2.75) is 23.4 Å². The van der Waals surface area contributed by atoms with Gasteiger partial charge in [0.1, 0.15) is 4.75 Å². The van der Waals surface area contributed by atoms with Gasteiger partial charge in [0.25, 0.3) is 0 Å². The molecule has 0 aliphatic heterocycles. The highest BCUT2D eigenvalue weighted by Gasteiger charge is 2.02. The zero-order valence-corrected chi connectivity index (χ0v) is 8.65. The van der Waals surface area contributed by atoms with Crippen LogP contribution in [0.5, 0.6) is 0 Å². The second-order valence-electron chi connectivity index (χ2n) is 2.07. The van der Waals surface area contributed by atoms with Crippen LogP contribution in [0.25, 0.3) is 0 Å². The molecule has 5 heteroatoms. The Bertz CT molecular complexity index is 211. The van der Waals surface area contributed by atoms with E-state index in [1.807, 2.05) is 0 Å². The number of nitrogens with zero attached hydrogens (tertiary/aromatic N) is 2. The summed E-state index contributed by atoms with van der Waals surface area (Å²) in [6.07, 6.45) is 0. The van der Waals surface area contributed by atoms with Crippen LogP contribution in [0.3, 0.4) is 0 Å². The van der Waals surface area contributed by atoms with Crippen LogP contribution in [0.4, 0.5) is 0 Å². The average Bonchev–Trinajstić information content (AvgIpc) is 2.13. The molecule has 1 rings (SSSR count). The molecule has 0 aliphatic carbocycles. The summed E-state index contributed by atoms with van der Waals surface area (Å²) in [5.74, 6) is 0. The molecule has 0 saturated carbocycles. The molecule has 0 radical (unpaired) electrons. The molecule has 56 valence electrons. The zero-order valence-electron chi connectivity index (χ0n) is 5.87. The highest BCUT2D eigenvalue weighted by Crippen LogP contribution is 2.23. The smallest absolute Gasteiger partial charge is 0.138 e. The Kier molecular flexibility index (Phi) is 3.08. The third kappa shape index (κ3) is 2.52. The number of hydrogen-bond acceptors (Lipinski definition) is 4. The fourth-order valence-corrected chi connectivity index (χ4v) is 2.98. The summed E-state index contributed by atoms with van der Waals surface area (Å²) in [7, 11) is 2.54. The summed E-state index contributed by atoms with van der Waals surface area (Å²) < 4.78 is 2.02. The third-order valence-corrected chi connectivity index (χ3v) is 3.07. The highest BCUT2D eigenvalue weighted by atomic mass is 32.2. The molecule has 0 aliphatic rings. The number of aromatic nitrogens is 2. The van der Waals surface area contributed by atoms with Gasteiger partial charge in [0.05, 0.1) is 0 Å². The lowest BCUT2D eigenvalue weighted by Crippen LogP contribution is -1.85. The summed E-state index contributed by atoms with van der Waals surface area (Å²) in [5.41, 5.74) is 0. The van der Waals surface area contributed by atoms with E-state index in [9.17, 15) is 0 Å². The lowest BCUT2D eigenvalue weighted by atomic mass is 10.6. The minimum atomic E-state index is 0.595. The van der Waals surface area contributed by atoms with E-state index in [0.717, 1.165) is 9.09 Å². The summed E-state index contributed by atoms with van der Waals surface area (Å²) in [6.45, 7) is 4.29. The predicted molar refractivity (Wildman–Crippen MR) is 50.2 cm³/mol. The lowest BCUT2D eigenvalue weighted by molar-refractivity contribution is 1.01. The molecule has 1 aromatic rings. The van der Waals surface area contributed by atoms with E-state index in [1.165, 1.54) is 0 Å². The van der Waals surface area contributed by atoms with E-state index in [2.05, 4.69) is 33.3 Å². The summed E-state index contributed by atoms with van der Waals surface area (Å²) in [4.78, 5) is 0. The van der Waals surface area contributed by atoms with Gasteiger partial charge in [0, 0.05) is 5.25 Å². The molecular formula is C5H9N2PS2. The SMILES string of the molecule is CC(C)Sc1nnc(P)s1. The summed E-state index contributed by atoms with van der Waals surface area (Å²) in [6, 6.07) is 0. The quantitative estimate of drug-likeness (QED) is 0.525. The van der Waals surface area contributed by atoms with Crippen LogP contribution < -0.4 is 4.75 Å². The van der Waals surface area contributed by atoms with Crippen molar-refractivity contribution in [2.75, 3.05) is 0 Å². The predicted octanol–water partition coefficient (Wildman–Crippen LogP) is 1.54. The molecule has 0 aromatic carbocycles. The van der Waals surface area contributed by atoms with Gasteiger partial charge in [-0.1, -0.05) is 46.2 Å². The first-order valence-electron chi connectivity index (χ1n) is 2.94. The van der Waals surface area contributed by atoms with Crippen molar-refractivity contribution in [2.24, 2.45) is 0 Å². The van der Waals surface area contributed by atoms with Crippen molar-refractivity contribution in [1.82, 2.24) is 10.2 Å². The maximum Gasteiger partial charge on any atom is 0.174 e. The Balaban J connectivity index is 2.58. The highest BCUT2D eigenvalue weighted by molar-refractivity contribution is 8.01. The molecule has 0 saturated heterocycles. The van der Waals surface area contributed by atoms with Crippen molar-refractivity contribution in [1.29, 1.82) is 0 Å². The summed E-state index contributed by atoms with van der Waals surface area (Å²) in [5, 5.41) is 8.44. The molecule has 0 spiro atoms. The summed E-state index contributed by atoms with van der Waals surface area (Å²) >= 11 is 3.37. The topological polar surface area (TPSA) is 25.8 Å². The molecule has 0 N–H and O–H groups in total. The minimum absolute atomic E-state index is 0.595. The second-order valence-corrected chi connectivity index (χ2v) is 5.87. The van der Waals surface area contributed by atoms with Gasteiger partial charge in [-0.15, -0.1) is 10.2 Å². The maximum atomic E-state index is 3.97. The first-order chi connectivity index (χ1) is 4.68. The average molecular weight is 192 g/mol. The monoisotopic (exact) mass is 192 g/mol. The van der Waals surface area contributed by atoms with Gasteiger partial charge in [0.15, 0.2) is 4.34 Å². The lowest BCUT2D eigenvalue weighted by Gasteiger charge is -1.96. The van der Waals surface area contributed by atoms with Crippen LogP contribution in [0.15, 0.2) is 4.34 Å². The van der Waals surface area contributed by atoms with Crippen molar-refractivity contribution in [3.05, 3.63) is 0 Å². The molecule has 10 heavy (non-hydrogen) atoms. The fraction of sp³-hybridized carbons (Fsp3) is 0.600. The van der Waals surface area contributed by atoms with E-state index < -0.39 is 0 Å². The first-order valence-corrected chi connectivity index (χ1v) is 5.21. The molecule has 0 amide bonds. The van der Waals surface area contributed by atoms with Gasteiger partial charge in [-0.05, 0) is 0 Å². The molecule has 0 bridgehead atoms. The van der Waals surface area contributed by atoms with Gasteiger partial charge in [-0.3, -0.25) is 0 Å². The van der Waals surface area contributed by atoms with Crippen molar-refractivity contribution < 1.29 is 0 Å². The van der Waals surface area contributed by atoms with E-state index >= 15 is 0 Å². The largest absolute Gasteiger partial charge is 0.174 e. The van der Waals surface area contributed by atoms with Gasteiger partial charge in [0.2, 0.25) is 0 Å². The maximum absolute atomic E-state index is 3.97. The molecule has 1 atom stereocenters. The van der Waals surface area contributed by atoms with Gasteiger partial charge in [-0.25, -0.2) is 0 Å². The van der Waals surface area contributed by atoms with Crippen LogP contribution in [0.2, 0.25) is 0 Å². The van der Waals surface area contributed by atoms with Crippen LogP contribution in [0.1, 0.15) is 13.8 Å². The van der Waals surface area contributed by atoms with Crippen LogP contribution in [-0.2, 0) is 0 Å². The number of thioether (sulfide) groups is 1. The van der Waals surface area contributed by atoms with Crippen LogP contribution in [-0.4, -0.2) is 15.4 Å². The Morgan fingerprint density at radius 3 is 2.60 bits per heavy atom. The molecule has 1 aromatic heterocycles. The Morgan fingerprint density at radius 1 is 1.50 bits per heavy atom. The van der Waals surface area contributed by atoms with Crippen molar-refractivity contribution in [3.63, 3.8) is 0 Å². The number of hydrogen-bond donors (Lipinski definition) is 0. The molecule has 0 fully saturated rings. The minimum Gasteiger partial charge on any atom is -0.138 e. The molecule has 2 nitrogen and oxygen atoms in total. The standard InChI is InChI=1S/C5H9N2PS2/c1-3(2)9-5-7-6-4(8)10-5/h3H,8H2,1-2H3. The molecular weight excluding hydrogens is 183 g/mol. The first kappa shape index (κ1) is 8.44. The van der Waals surface area contributed by atoms with Gasteiger partial charge in [-0.2, -0.15) is 0 Å². The van der Waals surface area contributed by atoms with E-state index in [-0.39, 0.29) is 0 Å². The second kappa shape index (κ2) is 3.65. The third-order valence-electron chi connectivity index (χ3n) is 0.759. The van der Waals surface area contributed by atoms with Crippen molar-refractivity contribution in [3.8, 4) is 0 Å². The molecule has 1 heterocycles. The van der Waals surface area contributed by atoms with Gasteiger partial charge >= 0.3 is 0 Å².